The monoisotopic (exact) mass is 236 g/mol. The molecule has 0 radical (unpaired) electrons. The summed E-state index contributed by atoms with van der Waals surface area (Å²) in [5, 5.41) is 11.9. The quantitative estimate of drug-likeness (QED) is 0.853. The number of aryl methyl sites for hydroxylation is 1. The number of rotatable bonds is 5. The van der Waals surface area contributed by atoms with Gasteiger partial charge in [-0.3, -0.25) is 0 Å². The molecule has 0 aliphatic heterocycles. The Bertz CT molecular complexity index is 428. The number of hydrogen-bond donors (Lipinski definition) is 1. The molecule has 0 saturated heterocycles. The van der Waals surface area contributed by atoms with Gasteiger partial charge in [-0.2, -0.15) is 5.26 Å². The maximum atomic E-state index is 13.0. The highest BCUT2D eigenvalue weighted by Gasteiger charge is 2.20. The van der Waals surface area contributed by atoms with Crippen LogP contribution in [0.1, 0.15) is 18.9 Å². The van der Waals surface area contributed by atoms with E-state index in [0.29, 0.717) is 24.3 Å². The summed E-state index contributed by atoms with van der Waals surface area (Å²) in [5.41, 5.74) is -0.0334. The van der Waals surface area contributed by atoms with Crippen LogP contribution in [0.25, 0.3) is 0 Å². The first kappa shape index (κ1) is 13.5. The van der Waals surface area contributed by atoms with E-state index in [1.54, 1.807) is 26.1 Å². The molecule has 1 N–H and O–H groups in total. The van der Waals surface area contributed by atoms with Crippen LogP contribution in [0.4, 0.5) is 4.39 Å². The van der Waals surface area contributed by atoms with E-state index in [2.05, 4.69) is 11.4 Å². The van der Waals surface area contributed by atoms with E-state index in [1.807, 2.05) is 6.92 Å². The molecular formula is C13H17FN2O. The Morgan fingerprint density at radius 1 is 1.53 bits per heavy atom. The van der Waals surface area contributed by atoms with Crippen molar-refractivity contribution in [3.8, 4) is 11.8 Å². The largest absolute Gasteiger partial charge is 0.493 e. The lowest BCUT2D eigenvalue weighted by atomic mass is 10.0. The summed E-state index contributed by atoms with van der Waals surface area (Å²) in [6.45, 7) is 3.91. The van der Waals surface area contributed by atoms with Crippen LogP contribution in [0, 0.1) is 24.1 Å². The van der Waals surface area contributed by atoms with Crippen LogP contribution >= 0.6 is 0 Å². The van der Waals surface area contributed by atoms with E-state index in [0.717, 1.165) is 0 Å². The molecule has 0 heterocycles. The number of nitrogens with zero attached hydrogens (tertiary/aromatic N) is 1. The van der Waals surface area contributed by atoms with Gasteiger partial charge in [0.25, 0.3) is 0 Å². The molecular weight excluding hydrogens is 219 g/mol. The zero-order chi connectivity index (χ0) is 12.9. The molecule has 1 aromatic carbocycles. The molecule has 4 heteroatoms. The Labute approximate surface area is 101 Å². The fourth-order valence-electron chi connectivity index (χ4n) is 1.32. The average molecular weight is 236 g/mol. The molecule has 0 fully saturated rings. The molecule has 1 unspecified atom stereocenters. The van der Waals surface area contributed by atoms with Crippen molar-refractivity contribution in [2.45, 2.75) is 25.8 Å². The zero-order valence-electron chi connectivity index (χ0n) is 10.4. The van der Waals surface area contributed by atoms with Gasteiger partial charge in [-0.05, 0) is 44.7 Å². The zero-order valence-corrected chi connectivity index (χ0v) is 10.4. The third-order valence-corrected chi connectivity index (χ3v) is 2.80. The summed E-state index contributed by atoms with van der Waals surface area (Å²) in [6, 6.07) is 6.80. The molecule has 92 valence electrons. The van der Waals surface area contributed by atoms with E-state index >= 15 is 0 Å². The molecule has 1 aromatic rings. The summed E-state index contributed by atoms with van der Waals surface area (Å²) < 4.78 is 18.5. The molecule has 0 amide bonds. The van der Waals surface area contributed by atoms with Crippen LogP contribution in [0.3, 0.4) is 0 Å². The summed E-state index contributed by atoms with van der Waals surface area (Å²) in [5.74, 6) is 0.384. The fourth-order valence-corrected chi connectivity index (χ4v) is 1.32. The van der Waals surface area contributed by atoms with Gasteiger partial charge in [0.15, 0.2) is 0 Å². The molecule has 0 aliphatic carbocycles. The Morgan fingerprint density at radius 3 is 2.76 bits per heavy atom. The number of benzene rings is 1. The predicted molar refractivity (Wildman–Crippen MR) is 64.3 cm³/mol. The minimum Gasteiger partial charge on any atom is -0.493 e. The second-order valence-corrected chi connectivity index (χ2v) is 4.20. The Balaban J connectivity index is 2.52. The normalized spacial score (nSPS) is 13.8. The van der Waals surface area contributed by atoms with Gasteiger partial charge in [0.2, 0.25) is 0 Å². The number of halogens is 1. The van der Waals surface area contributed by atoms with Crippen molar-refractivity contribution < 1.29 is 9.13 Å². The fraction of sp³-hybridized carbons (Fsp3) is 0.462. The predicted octanol–water partition coefficient (Wildman–Crippen LogP) is 2.40. The minimum atomic E-state index is -0.588. The number of nitriles is 1. The third-order valence-electron chi connectivity index (χ3n) is 2.80. The molecule has 0 aromatic heterocycles. The van der Waals surface area contributed by atoms with Gasteiger partial charge >= 0.3 is 0 Å². The molecule has 1 atom stereocenters. The summed E-state index contributed by atoms with van der Waals surface area (Å²) in [7, 11) is 1.74. The first-order valence-corrected chi connectivity index (χ1v) is 5.50. The smallest absolute Gasteiger partial charge is 0.126 e. The number of nitrogens with one attached hydrogen (secondary N) is 1. The second-order valence-electron chi connectivity index (χ2n) is 4.20. The van der Waals surface area contributed by atoms with E-state index in [4.69, 9.17) is 10.00 Å². The molecule has 0 saturated carbocycles. The van der Waals surface area contributed by atoms with Crippen molar-refractivity contribution in [3.63, 3.8) is 0 Å². The number of hydrogen-bond acceptors (Lipinski definition) is 3. The SMILES string of the molecule is CNC(C)(C#N)CCOc1ccc(F)c(C)c1. The van der Waals surface area contributed by atoms with Crippen LogP contribution in [0.15, 0.2) is 18.2 Å². The summed E-state index contributed by atoms with van der Waals surface area (Å²) >= 11 is 0. The summed E-state index contributed by atoms with van der Waals surface area (Å²) in [6.07, 6.45) is 0.566. The summed E-state index contributed by atoms with van der Waals surface area (Å²) in [4.78, 5) is 0. The van der Waals surface area contributed by atoms with Gasteiger partial charge in [0, 0.05) is 6.42 Å². The Morgan fingerprint density at radius 2 is 2.24 bits per heavy atom. The Kier molecular flexibility index (Phi) is 4.47. The van der Waals surface area contributed by atoms with Crippen molar-refractivity contribution in [2.75, 3.05) is 13.7 Å². The molecule has 0 bridgehead atoms. The number of ether oxygens (including phenoxy) is 1. The van der Waals surface area contributed by atoms with Crippen LogP contribution in [-0.2, 0) is 0 Å². The van der Waals surface area contributed by atoms with E-state index in [1.165, 1.54) is 6.07 Å². The van der Waals surface area contributed by atoms with E-state index in [9.17, 15) is 4.39 Å². The van der Waals surface area contributed by atoms with Crippen LogP contribution in [-0.4, -0.2) is 19.2 Å². The van der Waals surface area contributed by atoms with Crippen LogP contribution < -0.4 is 10.1 Å². The highest BCUT2D eigenvalue weighted by atomic mass is 19.1. The van der Waals surface area contributed by atoms with Gasteiger partial charge in [0.1, 0.15) is 17.1 Å². The van der Waals surface area contributed by atoms with Crippen molar-refractivity contribution in [2.24, 2.45) is 0 Å². The standard InChI is InChI=1S/C13H17FN2O/c1-10-8-11(4-5-12(10)14)17-7-6-13(2,9-15)16-3/h4-5,8,16H,6-7H2,1-3H3. The highest BCUT2D eigenvalue weighted by Crippen LogP contribution is 2.17. The maximum Gasteiger partial charge on any atom is 0.126 e. The van der Waals surface area contributed by atoms with Crippen molar-refractivity contribution in [1.29, 1.82) is 5.26 Å². The van der Waals surface area contributed by atoms with Crippen molar-refractivity contribution in [1.82, 2.24) is 5.32 Å². The van der Waals surface area contributed by atoms with Crippen LogP contribution in [0.5, 0.6) is 5.75 Å². The lowest BCUT2D eigenvalue weighted by Crippen LogP contribution is -2.39. The van der Waals surface area contributed by atoms with Gasteiger partial charge in [-0.15, -0.1) is 0 Å². The molecule has 0 spiro atoms. The molecule has 1 rings (SSSR count). The average Bonchev–Trinajstić information content (AvgIpc) is 2.33. The van der Waals surface area contributed by atoms with Gasteiger partial charge in [0.05, 0.1) is 12.7 Å². The van der Waals surface area contributed by atoms with Gasteiger partial charge < -0.3 is 10.1 Å². The maximum absolute atomic E-state index is 13.0. The first-order valence-electron chi connectivity index (χ1n) is 5.50. The first-order chi connectivity index (χ1) is 8.00. The van der Waals surface area contributed by atoms with E-state index in [-0.39, 0.29) is 5.82 Å². The third kappa shape index (κ3) is 3.72. The van der Waals surface area contributed by atoms with E-state index < -0.39 is 5.54 Å². The molecule has 0 aliphatic rings. The van der Waals surface area contributed by atoms with Gasteiger partial charge in [-0.25, -0.2) is 4.39 Å². The minimum absolute atomic E-state index is 0.241. The molecule has 3 nitrogen and oxygen atoms in total. The molecule has 17 heavy (non-hydrogen) atoms. The van der Waals surface area contributed by atoms with Crippen molar-refractivity contribution >= 4 is 0 Å². The lowest BCUT2D eigenvalue weighted by Gasteiger charge is -2.20. The van der Waals surface area contributed by atoms with Gasteiger partial charge in [-0.1, -0.05) is 0 Å². The lowest BCUT2D eigenvalue weighted by molar-refractivity contribution is 0.272. The van der Waals surface area contributed by atoms with Crippen molar-refractivity contribution in [3.05, 3.63) is 29.6 Å². The van der Waals surface area contributed by atoms with Crippen LogP contribution in [0.2, 0.25) is 0 Å². The highest BCUT2D eigenvalue weighted by molar-refractivity contribution is 5.28. The Hall–Kier alpha value is -1.60. The second kappa shape index (κ2) is 5.65. The topological polar surface area (TPSA) is 45.0 Å².